The summed E-state index contributed by atoms with van der Waals surface area (Å²) in [7, 11) is 1.40. The van der Waals surface area contributed by atoms with Crippen LogP contribution in [0.25, 0.3) is 10.8 Å². The van der Waals surface area contributed by atoms with E-state index in [1.165, 1.54) is 23.4 Å². The average molecular weight is 481 g/mol. The number of nitrogens with zero attached hydrogens (tertiary/aromatic N) is 1. The van der Waals surface area contributed by atoms with Crippen molar-refractivity contribution in [2.75, 3.05) is 25.1 Å². The normalized spacial score (nSPS) is 15.7. The third-order valence-corrected chi connectivity index (χ3v) is 6.88. The Morgan fingerprint density at radius 2 is 1.75 bits per heavy atom. The van der Waals surface area contributed by atoms with E-state index in [9.17, 15) is 4.79 Å². The van der Waals surface area contributed by atoms with E-state index in [1.54, 1.807) is 0 Å². The zero-order valence-electron chi connectivity index (χ0n) is 20.8. The lowest BCUT2D eigenvalue weighted by Gasteiger charge is -2.36. The highest BCUT2D eigenvalue weighted by atomic mass is 16.5. The summed E-state index contributed by atoms with van der Waals surface area (Å²) >= 11 is 0. The number of carbonyl (C=O) groups excluding carboxylic acids is 1. The maximum atomic E-state index is 11.8. The molecule has 4 aromatic rings. The SMILES string of the molecule is COC(=O)c1ccc(CN2CC(CCN[C@H](C)c3cccc4ccccc34)Oc3ccccc32)cc1. The molecule has 0 fully saturated rings. The van der Waals surface area contributed by atoms with Gasteiger partial charge in [-0.25, -0.2) is 4.79 Å². The van der Waals surface area contributed by atoms with Crippen molar-refractivity contribution >= 4 is 22.4 Å². The number of methoxy groups -OCH3 is 1. The van der Waals surface area contributed by atoms with Gasteiger partial charge < -0.3 is 19.7 Å². The Hall–Kier alpha value is -3.83. The molecule has 184 valence electrons. The molecule has 5 rings (SSSR count). The van der Waals surface area contributed by atoms with Crippen LogP contribution in [0.5, 0.6) is 5.75 Å². The van der Waals surface area contributed by atoms with Crippen molar-refractivity contribution < 1.29 is 14.3 Å². The number of fused-ring (bicyclic) bond motifs is 2. The molecule has 1 aliphatic heterocycles. The fraction of sp³-hybridized carbons (Fsp3) is 0.258. The van der Waals surface area contributed by atoms with Crippen LogP contribution >= 0.6 is 0 Å². The summed E-state index contributed by atoms with van der Waals surface area (Å²) in [6.07, 6.45) is 0.989. The molecule has 1 unspecified atom stereocenters. The number of hydrogen-bond donors (Lipinski definition) is 1. The quantitative estimate of drug-likeness (QED) is 0.307. The van der Waals surface area contributed by atoms with E-state index in [2.05, 4.69) is 65.7 Å². The second-order valence-corrected chi connectivity index (χ2v) is 9.31. The Morgan fingerprint density at radius 3 is 2.58 bits per heavy atom. The molecule has 1 aliphatic rings. The molecule has 0 saturated heterocycles. The van der Waals surface area contributed by atoms with Gasteiger partial charge in [0.2, 0.25) is 0 Å². The molecular weight excluding hydrogens is 448 g/mol. The summed E-state index contributed by atoms with van der Waals surface area (Å²) in [5.41, 5.74) is 4.12. The van der Waals surface area contributed by atoms with Crippen LogP contribution in [0.3, 0.4) is 0 Å². The van der Waals surface area contributed by atoms with E-state index in [-0.39, 0.29) is 18.1 Å². The van der Waals surface area contributed by atoms with Gasteiger partial charge >= 0.3 is 5.97 Å². The van der Waals surface area contributed by atoms with Crippen molar-refractivity contribution in [3.8, 4) is 5.75 Å². The van der Waals surface area contributed by atoms with Gasteiger partial charge in [-0.1, -0.05) is 66.7 Å². The first kappa shape index (κ1) is 23.9. The smallest absolute Gasteiger partial charge is 0.337 e. The van der Waals surface area contributed by atoms with Gasteiger partial charge in [-0.15, -0.1) is 0 Å². The van der Waals surface area contributed by atoms with Crippen molar-refractivity contribution in [1.29, 1.82) is 0 Å². The molecule has 1 N–H and O–H groups in total. The molecule has 0 spiro atoms. The second kappa shape index (κ2) is 10.8. The van der Waals surface area contributed by atoms with Crippen molar-refractivity contribution in [3.63, 3.8) is 0 Å². The van der Waals surface area contributed by atoms with Gasteiger partial charge in [-0.3, -0.25) is 0 Å². The number of carbonyl (C=O) groups is 1. The van der Waals surface area contributed by atoms with Gasteiger partial charge in [0.25, 0.3) is 0 Å². The van der Waals surface area contributed by atoms with Crippen LogP contribution in [-0.2, 0) is 11.3 Å². The van der Waals surface area contributed by atoms with Crippen LogP contribution in [0.2, 0.25) is 0 Å². The monoisotopic (exact) mass is 480 g/mol. The van der Waals surface area contributed by atoms with E-state index in [0.717, 1.165) is 43.1 Å². The van der Waals surface area contributed by atoms with Crippen LogP contribution in [0.4, 0.5) is 5.69 Å². The van der Waals surface area contributed by atoms with Crippen molar-refractivity contribution in [1.82, 2.24) is 5.32 Å². The van der Waals surface area contributed by atoms with Crippen molar-refractivity contribution in [3.05, 3.63) is 108 Å². The molecule has 5 heteroatoms. The van der Waals surface area contributed by atoms with Crippen LogP contribution in [-0.4, -0.2) is 32.3 Å². The lowest BCUT2D eigenvalue weighted by molar-refractivity contribution is 0.0600. The number of anilines is 1. The molecule has 4 aromatic carbocycles. The Labute approximate surface area is 212 Å². The molecule has 5 nitrogen and oxygen atoms in total. The van der Waals surface area contributed by atoms with Gasteiger partial charge in [0.1, 0.15) is 11.9 Å². The molecule has 0 bridgehead atoms. The predicted octanol–water partition coefficient (Wildman–Crippen LogP) is 6.13. The van der Waals surface area contributed by atoms with Crippen molar-refractivity contribution in [2.45, 2.75) is 32.0 Å². The number of hydrogen-bond acceptors (Lipinski definition) is 5. The number of rotatable bonds is 8. The Morgan fingerprint density at radius 1 is 1.00 bits per heavy atom. The third kappa shape index (κ3) is 5.21. The van der Waals surface area contributed by atoms with Gasteiger partial charge in [0.05, 0.1) is 24.9 Å². The Kier molecular flexibility index (Phi) is 7.19. The minimum atomic E-state index is -0.316. The lowest BCUT2D eigenvalue weighted by Crippen LogP contribution is -2.41. The first-order valence-electron chi connectivity index (χ1n) is 12.5. The Balaban J connectivity index is 1.24. The molecule has 2 atom stereocenters. The molecule has 1 heterocycles. The molecule has 0 saturated carbocycles. The summed E-state index contributed by atoms with van der Waals surface area (Å²) in [4.78, 5) is 14.1. The van der Waals surface area contributed by atoms with Gasteiger partial charge in [0, 0.05) is 12.6 Å². The van der Waals surface area contributed by atoms with E-state index in [1.807, 2.05) is 42.5 Å². The topological polar surface area (TPSA) is 50.8 Å². The van der Waals surface area contributed by atoms with Crippen molar-refractivity contribution in [2.24, 2.45) is 0 Å². The predicted molar refractivity (Wildman–Crippen MR) is 145 cm³/mol. The zero-order chi connectivity index (χ0) is 24.9. The lowest BCUT2D eigenvalue weighted by atomic mass is 9.99. The summed E-state index contributed by atoms with van der Waals surface area (Å²) in [6.45, 7) is 4.64. The largest absolute Gasteiger partial charge is 0.486 e. The minimum Gasteiger partial charge on any atom is -0.486 e. The first-order valence-corrected chi connectivity index (χ1v) is 12.5. The molecule has 36 heavy (non-hydrogen) atoms. The van der Waals surface area contributed by atoms with Gasteiger partial charge in [0.15, 0.2) is 0 Å². The minimum absolute atomic E-state index is 0.0847. The van der Waals surface area contributed by atoms with Crippen LogP contribution in [0.15, 0.2) is 91.0 Å². The maximum Gasteiger partial charge on any atom is 0.337 e. The maximum absolute atomic E-state index is 11.8. The highest BCUT2D eigenvalue weighted by Gasteiger charge is 2.25. The van der Waals surface area contributed by atoms with E-state index in [4.69, 9.17) is 9.47 Å². The summed E-state index contributed by atoms with van der Waals surface area (Å²) in [5, 5.41) is 6.27. The van der Waals surface area contributed by atoms with E-state index in [0.29, 0.717) is 5.56 Å². The first-order chi connectivity index (χ1) is 17.6. The second-order valence-electron chi connectivity index (χ2n) is 9.31. The van der Waals surface area contributed by atoms with E-state index < -0.39 is 0 Å². The summed E-state index contributed by atoms with van der Waals surface area (Å²) in [6, 6.07) is 31.1. The Bertz CT molecular complexity index is 1330. The zero-order valence-corrected chi connectivity index (χ0v) is 20.8. The van der Waals surface area contributed by atoms with Crippen LogP contribution in [0.1, 0.15) is 40.9 Å². The fourth-order valence-corrected chi connectivity index (χ4v) is 4.96. The average Bonchev–Trinajstić information content (AvgIpc) is 2.92. The van der Waals surface area contributed by atoms with Crippen LogP contribution < -0.4 is 15.0 Å². The molecule has 0 amide bonds. The van der Waals surface area contributed by atoms with Crippen LogP contribution in [0, 0.1) is 0 Å². The van der Waals surface area contributed by atoms with E-state index >= 15 is 0 Å². The number of benzene rings is 4. The molecular formula is C31H32N2O3. The summed E-state index contributed by atoms with van der Waals surface area (Å²) < 4.78 is 11.2. The number of nitrogens with one attached hydrogen (secondary N) is 1. The summed E-state index contributed by atoms with van der Waals surface area (Å²) in [5.74, 6) is 0.602. The number of ether oxygens (including phenoxy) is 2. The molecule has 0 aromatic heterocycles. The molecule has 0 aliphatic carbocycles. The van der Waals surface area contributed by atoms with Gasteiger partial charge in [-0.2, -0.15) is 0 Å². The van der Waals surface area contributed by atoms with Gasteiger partial charge in [-0.05, 0) is 66.1 Å². The molecule has 0 radical (unpaired) electrons. The highest BCUT2D eigenvalue weighted by molar-refractivity contribution is 5.89. The highest BCUT2D eigenvalue weighted by Crippen LogP contribution is 2.35. The number of para-hydroxylation sites is 2. The number of esters is 1. The third-order valence-electron chi connectivity index (χ3n) is 6.88. The standard InChI is InChI=1S/C31H32N2O3/c1-22(27-11-7-9-24-8-3-4-10-28(24)27)32-19-18-26-21-33(29-12-5-6-13-30(29)36-26)20-23-14-16-25(17-15-23)31(34)35-2/h3-17,22,26,32H,18-21H2,1-2H3/t22-,26?/m1/s1. The fourth-order valence-electron chi connectivity index (χ4n) is 4.96.